The minimum atomic E-state index is 0.0824. The Labute approximate surface area is 188 Å². The van der Waals surface area contributed by atoms with Crippen molar-refractivity contribution in [3.8, 4) is 11.3 Å². The number of piperazine rings is 1. The molecule has 0 N–H and O–H groups in total. The first-order valence-electron chi connectivity index (χ1n) is 11.2. The summed E-state index contributed by atoms with van der Waals surface area (Å²) in [6.45, 7) is 7.60. The lowest BCUT2D eigenvalue weighted by atomic mass is 10.1. The zero-order valence-corrected chi connectivity index (χ0v) is 18.7. The number of nitrogens with zero attached hydrogens (tertiary/aromatic N) is 7. The van der Waals surface area contributed by atoms with E-state index in [1.165, 1.54) is 5.56 Å². The predicted molar refractivity (Wildman–Crippen MR) is 123 cm³/mol. The third-order valence-electron chi connectivity index (χ3n) is 6.34. The molecule has 1 amide bonds. The summed E-state index contributed by atoms with van der Waals surface area (Å²) in [5, 5.41) is 4.35. The van der Waals surface area contributed by atoms with Crippen molar-refractivity contribution in [2.75, 3.05) is 37.6 Å². The monoisotopic (exact) mass is 431 g/mol. The lowest BCUT2D eigenvalue weighted by Gasteiger charge is -2.37. The van der Waals surface area contributed by atoms with Crippen molar-refractivity contribution in [1.29, 1.82) is 0 Å². The second kappa shape index (κ2) is 8.70. The average Bonchev–Trinajstić information content (AvgIpc) is 3.25. The van der Waals surface area contributed by atoms with Gasteiger partial charge in [0.05, 0.1) is 24.1 Å². The highest BCUT2D eigenvalue weighted by Gasteiger charge is 2.27. The SMILES string of the molecule is CC(=O)N1CCc2nc(N3CCN(Cc4ccccc4)CC3)c(-c3cnn(C)c3)nc2C1. The van der Waals surface area contributed by atoms with Crippen LogP contribution < -0.4 is 4.90 Å². The molecule has 1 aromatic carbocycles. The number of amides is 1. The lowest BCUT2D eigenvalue weighted by Crippen LogP contribution is -2.46. The van der Waals surface area contributed by atoms with Crippen LogP contribution in [0.2, 0.25) is 0 Å². The van der Waals surface area contributed by atoms with Gasteiger partial charge in [0.2, 0.25) is 5.91 Å². The van der Waals surface area contributed by atoms with Gasteiger partial charge in [-0.1, -0.05) is 30.3 Å². The number of aromatic nitrogens is 4. The van der Waals surface area contributed by atoms with Gasteiger partial charge in [-0.25, -0.2) is 9.97 Å². The van der Waals surface area contributed by atoms with Gasteiger partial charge in [-0.2, -0.15) is 5.10 Å². The molecule has 5 rings (SSSR count). The number of hydrogen-bond donors (Lipinski definition) is 0. The molecule has 1 saturated heterocycles. The molecule has 2 aliphatic heterocycles. The molecule has 32 heavy (non-hydrogen) atoms. The zero-order chi connectivity index (χ0) is 22.1. The average molecular weight is 432 g/mol. The molecule has 0 atom stereocenters. The van der Waals surface area contributed by atoms with Crippen molar-refractivity contribution in [3.63, 3.8) is 0 Å². The maximum absolute atomic E-state index is 11.9. The molecule has 4 heterocycles. The Morgan fingerprint density at radius 2 is 1.78 bits per heavy atom. The Hall–Kier alpha value is -3.26. The summed E-state index contributed by atoms with van der Waals surface area (Å²) in [4.78, 5) is 28.7. The van der Waals surface area contributed by atoms with E-state index in [0.29, 0.717) is 13.1 Å². The van der Waals surface area contributed by atoms with E-state index in [0.717, 1.165) is 67.6 Å². The Morgan fingerprint density at radius 1 is 1.00 bits per heavy atom. The van der Waals surface area contributed by atoms with Crippen LogP contribution in [0.3, 0.4) is 0 Å². The molecular formula is C24H29N7O. The van der Waals surface area contributed by atoms with Gasteiger partial charge >= 0.3 is 0 Å². The van der Waals surface area contributed by atoms with E-state index in [1.54, 1.807) is 11.6 Å². The van der Waals surface area contributed by atoms with Crippen LogP contribution in [-0.2, 0) is 31.4 Å². The molecule has 1 fully saturated rings. The molecule has 2 aliphatic rings. The largest absolute Gasteiger partial charge is 0.352 e. The Morgan fingerprint density at radius 3 is 2.47 bits per heavy atom. The molecule has 8 nitrogen and oxygen atoms in total. The fourth-order valence-corrected chi connectivity index (χ4v) is 4.51. The number of carbonyl (C=O) groups is 1. The normalized spacial score (nSPS) is 16.8. The number of fused-ring (bicyclic) bond motifs is 1. The molecular weight excluding hydrogens is 402 g/mol. The highest BCUT2D eigenvalue weighted by molar-refractivity contribution is 5.74. The molecule has 0 aliphatic carbocycles. The fraction of sp³-hybridized carbons (Fsp3) is 0.417. The van der Waals surface area contributed by atoms with Gasteiger partial charge in [-0.3, -0.25) is 14.4 Å². The van der Waals surface area contributed by atoms with Gasteiger partial charge in [0.15, 0.2) is 5.82 Å². The van der Waals surface area contributed by atoms with Gasteiger partial charge in [0, 0.05) is 71.4 Å². The summed E-state index contributed by atoms with van der Waals surface area (Å²) in [6, 6.07) is 10.6. The highest BCUT2D eigenvalue weighted by atomic mass is 16.2. The molecule has 0 bridgehead atoms. The smallest absolute Gasteiger partial charge is 0.219 e. The van der Waals surface area contributed by atoms with Crippen LogP contribution >= 0.6 is 0 Å². The van der Waals surface area contributed by atoms with Crippen LogP contribution in [0.5, 0.6) is 0 Å². The van der Waals surface area contributed by atoms with E-state index in [9.17, 15) is 4.79 Å². The van der Waals surface area contributed by atoms with Crippen LogP contribution in [0.25, 0.3) is 11.3 Å². The van der Waals surface area contributed by atoms with Crippen molar-refractivity contribution in [2.45, 2.75) is 26.4 Å². The predicted octanol–water partition coefficient (Wildman–Crippen LogP) is 2.10. The van der Waals surface area contributed by atoms with Crippen LogP contribution in [0, 0.1) is 0 Å². The fourth-order valence-electron chi connectivity index (χ4n) is 4.51. The summed E-state index contributed by atoms with van der Waals surface area (Å²) < 4.78 is 1.79. The zero-order valence-electron chi connectivity index (χ0n) is 18.7. The molecule has 166 valence electrons. The standard InChI is InChI=1S/C24H29N7O/c1-18(32)31-9-8-21-22(17-31)26-23(20-14-25-28(2)16-20)24(27-21)30-12-10-29(11-13-30)15-19-6-4-3-5-7-19/h3-7,14,16H,8-13,15,17H2,1-2H3. The molecule has 8 heteroatoms. The van der Waals surface area contributed by atoms with E-state index >= 15 is 0 Å². The number of anilines is 1. The first-order valence-corrected chi connectivity index (χ1v) is 11.2. The minimum Gasteiger partial charge on any atom is -0.352 e. The maximum atomic E-state index is 11.9. The number of aryl methyl sites for hydroxylation is 1. The van der Waals surface area contributed by atoms with Crippen LogP contribution in [-0.4, -0.2) is 68.2 Å². The van der Waals surface area contributed by atoms with Crippen molar-refractivity contribution in [3.05, 3.63) is 59.7 Å². The summed E-state index contributed by atoms with van der Waals surface area (Å²) >= 11 is 0. The molecule has 0 saturated carbocycles. The number of hydrogen-bond acceptors (Lipinski definition) is 6. The number of rotatable bonds is 4. The molecule has 0 radical (unpaired) electrons. The van der Waals surface area contributed by atoms with Crippen molar-refractivity contribution in [1.82, 2.24) is 29.5 Å². The first kappa shape index (κ1) is 20.6. The van der Waals surface area contributed by atoms with Crippen LogP contribution in [0.4, 0.5) is 5.82 Å². The summed E-state index contributed by atoms with van der Waals surface area (Å²) in [6.07, 6.45) is 4.57. The van der Waals surface area contributed by atoms with Crippen LogP contribution in [0.15, 0.2) is 42.7 Å². The number of benzene rings is 1. The van der Waals surface area contributed by atoms with Gasteiger partial charge in [-0.15, -0.1) is 0 Å². The lowest BCUT2D eigenvalue weighted by molar-refractivity contribution is -0.129. The third kappa shape index (κ3) is 4.23. The highest BCUT2D eigenvalue weighted by Crippen LogP contribution is 2.31. The summed E-state index contributed by atoms with van der Waals surface area (Å²) in [5.41, 5.74) is 5.08. The molecule has 3 aromatic rings. The molecule has 2 aromatic heterocycles. The third-order valence-corrected chi connectivity index (χ3v) is 6.34. The summed E-state index contributed by atoms with van der Waals surface area (Å²) in [7, 11) is 1.91. The first-order chi connectivity index (χ1) is 15.6. The van der Waals surface area contributed by atoms with Gasteiger partial charge in [-0.05, 0) is 5.56 Å². The van der Waals surface area contributed by atoms with Gasteiger partial charge in [0.25, 0.3) is 0 Å². The maximum Gasteiger partial charge on any atom is 0.219 e. The minimum absolute atomic E-state index is 0.0824. The summed E-state index contributed by atoms with van der Waals surface area (Å²) in [5.74, 6) is 1.02. The molecule has 0 spiro atoms. The van der Waals surface area contributed by atoms with Crippen LogP contribution in [0.1, 0.15) is 23.9 Å². The Kier molecular flexibility index (Phi) is 5.61. The van der Waals surface area contributed by atoms with Crippen molar-refractivity contribution < 1.29 is 4.79 Å². The van der Waals surface area contributed by atoms with Gasteiger partial charge in [0.1, 0.15) is 5.69 Å². The van der Waals surface area contributed by atoms with Crippen molar-refractivity contribution >= 4 is 11.7 Å². The van der Waals surface area contributed by atoms with Crippen molar-refractivity contribution in [2.24, 2.45) is 7.05 Å². The second-order valence-electron chi connectivity index (χ2n) is 8.63. The van der Waals surface area contributed by atoms with E-state index in [2.05, 4.69) is 45.2 Å². The number of carbonyl (C=O) groups excluding carboxylic acids is 1. The Balaban J connectivity index is 1.40. The Bertz CT molecular complexity index is 1100. The van der Waals surface area contributed by atoms with E-state index in [-0.39, 0.29) is 5.91 Å². The van der Waals surface area contributed by atoms with E-state index in [1.807, 2.05) is 24.3 Å². The topological polar surface area (TPSA) is 70.4 Å². The molecule has 0 unspecified atom stereocenters. The van der Waals surface area contributed by atoms with Gasteiger partial charge < -0.3 is 9.80 Å². The quantitative estimate of drug-likeness (QED) is 0.630. The second-order valence-corrected chi connectivity index (χ2v) is 8.63. The van der Waals surface area contributed by atoms with E-state index < -0.39 is 0 Å². The van der Waals surface area contributed by atoms with E-state index in [4.69, 9.17) is 9.97 Å².